The summed E-state index contributed by atoms with van der Waals surface area (Å²) in [6.07, 6.45) is 0. The van der Waals surface area contributed by atoms with E-state index in [0.717, 1.165) is 56.1 Å². The number of rotatable bonds is 6. The lowest BCUT2D eigenvalue weighted by Gasteiger charge is -2.16. The summed E-state index contributed by atoms with van der Waals surface area (Å²) in [5.74, 6) is 0.621. The van der Waals surface area contributed by atoms with Gasteiger partial charge in [-0.15, -0.1) is 0 Å². The van der Waals surface area contributed by atoms with Crippen molar-refractivity contribution < 1.29 is 0 Å². The van der Waals surface area contributed by atoms with Gasteiger partial charge < -0.3 is 18.3 Å². The Kier molecular flexibility index (Phi) is 8.61. The second-order valence-corrected chi connectivity index (χ2v) is 17.8. The molecular formula is C61H44N6. The highest BCUT2D eigenvalue weighted by Crippen LogP contribution is 2.45. The maximum absolute atomic E-state index is 5.08. The largest absolute Gasteiger partial charge is 0.309 e. The Morgan fingerprint density at radius 1 is 0.343 bits per heavy atom. The molecule has 67 heavy (non-hydrogen) atoms. The smallest absolute Gasteiger partial charge is 0.159 e. The van der Waals surface area contributed by atoms with Crippen LogP contribution in [-0.2, 0) is 0 Å². The molecule has 0 saturated heterocycles. The Morgan fingerprint density at radius 3 is 1.15 bits per heavy atom. The van der Waals surface area contributed by atoms with Crippen LogP contribution in [0, 0.1) is 0 Å². The highest BCUT2D eigenvalue weighted by molar-refractivity contribution is 6.28. The molecule has 6 nitrogen and oxygen atoms in total. The summed E-state index contributed by atoms with van der Waals surface area (Å²) in [5.41, 5.74) is 15.9. The van der Waals surface area contributed by atoms with Gasteiger partial charge in [-0.3, -0.25) is 0 Å². The highest BCUT2D eigenvalue weighted by atomic mass is 15.0. The first kappa shape index (κ1) is 38.7. The third-order valence-corrected chi connectivity index (χ3v) is 13.3. The molecule has 0 unspecified atom stereocenters. The Balaban J connectivity index is 1.17. The number of hydrogen-bond donors (Lipinski definition) is 0. The van der Waals surface area contributed by atoms with E-state index in [2.05, 4.69) is 225 Å². The minimum atomic E-state index is 0.621. The molecule has 13 aromatic rings. The van der Waals surface area contributed by atoms with Gasteiger partial charge >= 0.3 is 0 Å². The number of hydrogen-bond acceptors (Lipinski definition) is 1. The zero-order valence-electron chi connectivity index (χ0n) is 37.4. The predicted octanol–water partition coefficient (Wildman–Crippen LogP) is 15.8. The Bertz CT molecular complexity index is 3990. The lowest BCUT2D eigenvalue weighted by atomic mass is 10.1. The van der Waals surface area contributed by atoms with Crippen molar-refractivity contribution >= 4 is 98.8 Å². The van der Waals surface area contributed by atoms with Crippen LogP contribution in [0.5, 0.6) is 0 Å². The van der Waals surface area contributed by atoms with Crippen LogP contribution in [-0.4, -0.2) is 29.8 Å². The zero-order chi connectivity index (χ0) is 44.9. The van der Waals surface area contributed by atoms with Crippen LogP contribution in [0.1, 0.15) is 26.3 Å². The summed E-state index contributed by atoms with van der Waals surface area (Å²) in [7, 11) is 0. The van der Waals surface area contributed by atoms with Crippen molar-refractivity contribution in [2.75, 3.05) is 0 Å². The Morgan fingerprint density at radius 2 is 0.731 bits per heavy atom. The molecule has 6 heteroatoms. The average Bonchev–Trinajstić information content (AvgIpc) is 4.09. The standard InChI is InChI=1S/C61H44N6/c1-38(2)62-61(63-39(3)4)40-35-43(64-53-29-17-13-25-49(53)57-55(64)33-31-47-45-23-11-15-27-51(45)66(59(47)57)41-19-7-5-8-20-41)37-44(36-40)65-54-30-18-14-26-50(54)58-56(65)34-32-48-46-24-12-16-28-52(46)67(60(48)58)42-21-9-6-10-22-42/h5-37H,1H2,2-4H3. The van der Waals surface area contributed by atoms with Crippen LogP contribution in [0.15, 0.2) is 222 Å². The van der Waals surface area contributed by atoms with Crippen LogP contribution in [0.4, 0.5) is 0 Å². The Hall–Kier alpha value is -8.74. The van der Waals surface area contributed by atoms with Crippen molar-refractivity contribution in [1.82, 2.24) is 18.3 Å². The summed E-state index contributed by atoms with van der Waals surface area (Å²) in [4.78, 5) is 10.1. The van der Waals surface area contributed by atoms with Crippen LogP contribution in [0.2, 0.25) is 0 Å². The van der Waals surface area contributed by atoms with Gasteiger partial charge in [-0.2, -0.15) is 0 Å². The average molecular weight is 861 g/mol. The maximum atomic E-state index is 5.08. The molecule has 13 rings (SSSR count). The van der Waals surface area contributed by atoms with Crippen LogP contribution < -0.4 is 0 Å². The van der Waals surface area contributed by atoms with Crippen LogP contribution in [0.3, 0.4) is 0 Å². The number of nitrogens with zero attached hydrogens (tertiary/aromatic N) is 6. The van der Waals surface area contributed by atoms with Gasteiger partial charge in [0, 0.05) is 82.8 Å². The van der Waals surface area contributed by atoms with Crippen molar-refractivity contribution in [3.8, 4) is 22.7 Å². The number of aliphatic imine (C=N–C) groups is 2. The lowest BCUT2D eigenvalue weighted by molar-refractivity contribution is 1.13. The lowest BCUT2D eigenvalue weighted by Crippen LogP contribution is -2.06. The van der Waals surface area contributed by atoms with Gasteiger partial charge in [-0.25, -0.2) is 9.98 Å². The molecule has 0 fully saturated rings. The quantitative estimate of drug-likeness (QED) is 0.118. The second kappa shape index (κ2) is 14.9. The molecule has 0 radical (unpaired) electrons. The topological polar surface area (TPSA) is 44.4 Å². The number of benzene rings is 9. The molecule has 318 valence electrons. The molecule has 0 N–H and O–H groups in total. The fourth-order valence-corrected chi connectivity index (χ4v) is 10.8. The van der Waals surface area contributed by atoms with Crippen molar-refractivity contribution in [2.45, 2.75) is 20.8 Å². The van der Waals surface area contributed by atoms with E-state index in [4.69, 9.17) is 9.98 Å². The van der Waals surface area contributed by atoms with Gasteiger partial charge in [0.15, 0.2) is 5.84 Å². The van der Waals surface area contributed by atoms with Crippen molar-refractivity contribution in [1.29, 1.82) is 0 Å². The number of para-hydroxylation sites is 6. The van der Waals surface area contributed by atoms with Gasteiger partial charge in [-0.1, -0.05) is 128 Å². The molecule has 4 aromatic heterocycles. The number of allylic oxidation sites excluding steroid dienone is 1. The third-order valence-electron chi connectivity index (χ3n) is 13.3. The normalized spacial score (nSPS) is 12.3. The molecule has 4 heterocycles. The maximum Gasteiger partial charge on any atom is 0.159 e. The molecule has 0 saturated carbocycles. The first-order valence-electron chi connectivity index (χ1n) is 22.9. The van der Waals surface area contributed by atoms with E-state index < -0.39 is 0 Å². The molecule has 0 aliphatic heterocycles. The number of fused-ring (bicyclic) bond motifs is 14. The third kappa shape index (κ3) is 5.82. The van der Waals surface area contributed by atoms with Crippen LogP contribution >= 0.6 is 0 Å². The van der Waals surface area contributed by atoms with Gasteiger partial charge in [0.1, 0.15) is 0 Å². The van der Waals surface area contributed by atoms with E-state index in [1.807, 2.05) is 20.8 Å². The molecule has 9 aromatic carbocycles. The predicted molar refractivity (Wildman–Crippen MR) is 284 cm³/mol. The van der Waals surface area contributed by atoms with Crippen molar-refractivity contribution in [2.24, 2.45) is 9.98 Å². The van der Waals surface area contributed by atoms with Gasteiger partial charge in [0.25, 0.3) is 0 Å². The fourth-order valence-electron chi connectivity index (χ4n) is 10.8. The first-order chi connectivity index (χ1) is 32.9. The minimum absolute atomic E-state index is 0.621. The highest BCUT2D eigenvalue weighted by Gasteiger charge is 2.24. The summed E-state index contributed by atoms with van der Waals surface area (Å²) in [6, 6.07) is 72.7. The Labute approximate surface area is 386 Å². The summed E-state index contributed by atoms with van der Waals surface area (Å²) in [6.45, 7) is 10.2. The van der Waals surface area contributed by atoms with Gasteiger partial charge in [0.2, 0.25) is 0 Å². The molecular weight excluding hydrogens is 817 g/mol. The fraction of sp³-hybridized carbons (Fsp3) is 0.0492. The van der Waals surface area contributed by atoms with E-state index in [1.54, 1.807) is 0 Å². The molecule has 0 bridgehead atoms. The van der Waals surface area contributed by atoms with Gasteiger partial charge in [-0.05, 0) is 99.6 Å². The second-order valence-electron chi connectivity index (χ2n) is 17.8. The molecule has 0 aliphatic rings. The van der Waals surface area contributed by atoms with E-state index in [0.29, 0.717) is 11.5 Å². The van der Waals surface area contributed by atoms with Crippen molar-refractivity contribution in [3.05, 3.63) is 218 Å². The zero-order valence-corrected chi connectivity index (χ0v) is 37.4. The number of aromatic nitrogens is 4. The van der Waals surface area contributed by atoms with Crippen LogP contribution in [0.25, 0.3) is 110 Å². The van der Waals surface area contributed by atoms with Gasteiger partial charge in [0.05, 0.1) is 44.1 Å². The van der Waals surface area contributed by atoms with E-state index in [9.17, 15) is 0 Å². The molecule has 0 amide bonds. The molecule has 0 spiro atoms. The minimum Gasteiger partial charge on any atom is -0.309 e. The van der Waals surface area contributed by atoms with Crippen molar-refractivity contribution in [3.63, 3.8) is 0 Å². The van der Waals surface area contributed by atoms with E-state index in [-0.39, 0.29) is 0 Å². The SMILES string of the molecule is C=C(C)N=C(N=C(C)C)c1cc(-n2c3ccccc3c3c2ccc2c4ccccc4n(-c4ccccc4)c23)cc(-n2c3ccccc3c3c2ccc2c4ccccc4n(-c4ccccc4)c23)c1. The monoisotopic (exact) mass is 860 g/mol. The summed E-state index contributed by atoms with van der Waals surface area (Å²) < 4.78 is 9.75. The first-order valence-corrected chi connectivity index (χ1v) is 22.9. The van der Waals surface area contributed by atoms with E-state index >= 15 is 0 Å². The van der Waals surface area contributed by atoms with E-state index in [1.165, 1.54) is 65.2 Å². The number of amidine groups is 1. The summed E-state index contributed by atoms with van der Waals surface area (Å²) in [5, 5.41) is 9.66. The summed E-state index contributed by atoms with van der Waals surface area (Å²) >= 11 is 0. The molecule has 0 atom stereocenters. The molecule has 0 aliphatic carbocycles.